The minimum absolute atomic E-state index is 0.0520. The minimum Gasteiger partial charge on any atom is -0.459 e. The van der Waals surface area contributed by atoms with Gasteiger partial charge in [0.1, 0.15) is 11.9 Å². The van der Waals surface area contributed by atoms with Gasteiger partial charge in [0.15, 0.2) is 5.76 Å². The Labute approximate surface area is 195 Å². The zero-order valence-corrected chi connectivity index (χ0v) is 18.4. The van der Waals surface area contributed by atoms with Crippen LogP contribution in [0.4, 0.5) is 29.5 Å². The number of benzene rings is 1. The predicted octanol–water partition coefficient (Wildman–Crippen LogP) is 4.90. The molecule has 3 aromatic rings. The van der Waals surface area contributed by atoms with E-state index in [4.69, 9.17) is 4.42 Å². The lowest BCUT2D eigenvalue weighted by atomic mass is 10.2. The number of carbonyl (C=O) groups excluding carboxylic acids is 3. The minimum atomic E-state index is -4.44. The van der Waals surface area contributed by atoms with Crippen molar-refractivity contribution in [3.8, 4) is 0 Å². The van der Waals surface area contributed by atoms with Crippen LogP contribution in [-0.4, -0.2) is 39.3 Å². The molecule has 0 radical (unpaired) electrons. The van der Waals surface area contributed by atoms with Crippen molar-refractivity contribution in [3.05, 3.63) is 72.3 Å². The van der Waals surface area contributed by atoms with Gasteiger partial charge in [0.25, 0.3) is 11.8 Å². The summed E-state index contributed by atoms with van der Waals surface area (Å²) in [5.41, 5.74) is -3.65. The molecule has 0 bridgehead atoms. The molecule has 8 nitrogen and oxygen atoms in total. The van der Waals surface area contributed by atoms with E-state index in [0.29, 0.717) is 5.56 Å². The van der Waals surface area contributed by atoms with Crippen LogP contribution in [0.3, 0.4) is 0 Å². The molecule has 12 heteroatoms. The summed E-state index contributed by atoms with van der Waals surface area (Å²) in [7, 11) is 0. The van der Waals surface area contributed by atoms with Gasteiger partial charge in [-0.1, -0.05) is 0 Å². The van der Waals surface area contributed by atoms with Gasteiger partial charge in [0.05, 0.1) is 12.0 Å². The van der Waals surface area contributed by atoms with Crippen LogP contribution >= 0.6 is 11.8 Å². The molecule has 34 heavy (non-hydrogen) atoms. The summed E-state index contributed by atoms with van der Waals surface area (Å²) < 4.78 is 42.7. The number of hydrogen-bond acceptors (Lipinski definition) is 6. The molecule has 1 aromatic carbocycles. The van der Waals surface area contributed by atoms with E-state index in [9.17, 15) is 27.6 Å². The first-order valence-corrected chi connectivity index (χ1v) is 10.7. The summed E-state index contributed by atoms with van der Waals surface area (Å²) in [5.74, 6) is -0.647. The maximum atomic E-state index is 13.0. The maximum absolute atomic E-state index is 13.0. The van der Waals surface area contributed by atoms with Crippen LogP contribution in [0.1, 0.15) is 23.0 Å². The average molecular weight is 490 g/mol. The zero-order valence-electron chi connectivity index (χ0n) is 17.6. The molecular formula is C22H17F3N4O4S. The molecular weight excluding hydrogens is 473 g/mol. The molecule has 1 fully saturated rings. The van der Waals surface area contributed by atoms with Crippen LogP contribution in [0.15, 0.2) is 70.3 Å². The number of halogens is 3. The Balaban J connectivity index is 1.48. The van der Waals surface area contributed by atoms with Crippen molar-refractivity contribution in [2.45, 2.75) is 29.9 Å². The van der Waals surface area contributed by atoms with Crippen molar-refractivity contribution in [1.82, 2.24) is 9.88 Å². The smallest absolute Gasteiger partial charge is 0.446 e. The molecule has 0 spiro atoms. The first-order valence-electron chi connectivity index (χ1n) is 9.92. The van der Waals surface area contributed by atoms with Crippen molar-refractivity contribution in [3.63, 3.8) is 0 Å². The molecule has 1 N–H and O–H groups in total. The van der Waals surface area contributed by atoms with Gasteiger partial charge in [-0.25, -0.2) is 14.7 Å². The van der Waals surface area contributed by atoms with Gasteiger partial charge in [-0.3, -0.25) is 9.59 Å². The van der Waals surface area contributed by atoms with Crippen molar-refractivity contribution in [1.29, 1.82) is 0 Å². The number of alkyl halides is 3. The number of imide groups is 1. The van der Waals surface area contributed by atoms with E-state index in [0.717, 1.165) is 4.90 Å². The monoisotopic (exact) mass is 490 g/mol. The second kappa shape index (κ2) is 9.21. The largest absolute Gasteiger partial charge is 0.459 e. The van der Waals surface area contributed by atoms with E-state index in [2.05, 4.69) is 10.3 Å². The fourth-order valence-electron chi connectivity index (χ4n) is 3.37. The number of rotatable bonds is 6. The molecule has 4 rings (SSSR count). The van der Waals surface area contributed by atoms with Crippen molar-refractivity contribution >= 4 is 41.1 Å². The Morgan fingerprint density at radius 2 is 1.91 bits per heavy atom. The molecule has 1 unspecified atom stereocenters. The number of carbonyl (C=O) groups is 3. The number of amides is 4. The van der Waals surface area contributed by atoms with Crippen molar-refractivity contribution in [2.75, 3.05) is 10.2 Å². The number of aromatic nitrogens is 1. The lowest BCUT2D eigenvalue weighted by Crippen LogP contribution is -2.33. The van der Waals surface area contributed by atoms with E-state index in [1.165, 1.54) is 47.7 Å². The molecule has 2 aromatic heterocycles. The highest BCUT2D eigenvalue weighted by molar-refractivity contribution is 8.00. The van der Waals surface area contributed by atoms with E-state index in [1.807, 2.05) is 0 Å². The van der Waals surface area contributed by atoms with E-state index in [1.54, 1.807) is 25.1 Å². The average Bonchev–Trinajstić information content (AvgIpc) is 3.38. The number of anilines is 2. The molecule has 0 saturated carbocycles. The van der Waals surface area contributed by atoms with E-state index < -0.39 is 29.4 Å². The topological polar surface area (TPSA) is 95.8 Å². The van der Waals surface area contributed by atoms with Crippen LogP contribution in [-0.2, 0) is 11.3 Å². The number of furan rings is 1. The number of urea groups is 1. The summed E-state index contributed by atoms with van der Waals surface area (Å²) in [6, 6.07) is 9.89. The number of pyridine rings is 1. The lowest BCUT2D eigenvalue weighted by Gasteiger charge is -2.19. The first-order chi connectivity index (χ1) is 16.1. The molecule has 1 aliphatic rings. The number of hydrogen-bond donors (Lipinski definition) is 1. The highest BCUT2D eigenvalue weighted by atomic mass is 32.2. The lowest BCUT2D eigenvalue weighted by molar-refractivity contribution is -0.119. The summed E-state index contributed by atoms with van der Waals surface area (Å²) in [5, 5.41) is 2.59. The number of thioether (sulfide) groups is 1. The second-order valence-corrected chi connectivity index (χ2v) is 8.42. The maximum Gasteiger partial charge on any atom is 0.446 e. The van der Waals surface area contributed by atoms with Gasteiger partial charge in [0, 0.05) is 17.6 Å². The third-order valence-electron chi connectivity index (χ3n) is 4.97. The molecule has 4 amide bonds. The summed E-state index contributed by atoms with van der Waals surface area (Å²) in [6.45, 7) is 1.62. The standard InChI is InChI=1S/C22H17F3N4O4S/c1-13-20(31)29(15-4-6-16(7-5-15)34-22(23,24)25)21(32)28(13)12-14-8-9-26-18(11-14)27-19(30)17-3-2-10-33-17/h2-11,13H,12H2,1H3,(H,26,27,30). The van der Waals surface area contributed by atoms with Crippen LogP contribution in [0.5, 0.6) is 0 Å². The van der Waals surface area contributed by atoms with Crippen LogP contribution in [0, 0.1) is 0 Å². The SMILES string of the molecule is CC1C(=O)N(c2ccc(SC(F)(F)F)cc2)C(=O)N1Cc1ccnc(NC(=O)c2ccco2)c1. The predicted molar refractivity (Wildman–Crippen MR) is 117 cm³/mol. The Kier molecular flexibility index (Phi) is 6.33. The Hall–Kier alpha value is -3.80. The van der Waals surface area contributed by atoms with Crippen LogP contribution < -0.4 is 10.2 Å². The van der Waals surface area contributed by atoms with E-state index >= 15 is 0 Å². The van der Waals surface area contributed by atoms with Gasteiger partial charge in [-0.2, -0.15) is 13.2 Å². The van der Waals surface area contributed by atoms with Gasteiger partial charge in [-0.05, 0) is 72.8 Å². The summed E-state index contributed by atoms with van der Waals surface area (Å²) in [6.07, 6.45) is 2.82. The molecule has 1 aliphatic heterocycles. The Morgan fingerprint density at radius 1 is 1.18 bits per heavy atom. The molecule has 3 heterocycles. The normalized spacial score (nSPS) is 16.3. The first kappa shape index (κ1) is 23.4. The Bertz CT molecular complexity index is 1220. The van der Waals surface area contributed by atoms with Crippen molar-refractivity contribution < 1.29 is 32.0 Å². The fraction of sp³-hybridized carbons (Fsp3) is 0.182. The number of nitrogens with one attached hydrogen (secondary N) is 1. The summed E-state index contributed by atoms with van der Waals surface area (Å²) in [4.78, 5) is 44.2. The third-order valence-corrected chi connectivity index (χ3v) is 5.71. The highest BCUT2D eigenvalue weighted by Gasteiger charge is 2.43. The quantitative estimate of drug-likeness (QED) is 0.390. The summed E-state index contributed by atoms with van der Waals surface area (Å²) >= 11 is -0.280. The van der Waals surface area contributed by atoms with Gasteiger partial charge in [0.2, 0.25) is 0 Å². The molecule has 1 atom stereocenters. The highest BCUT2D eigenvalue weighted by Crippen LogP contribution is 2.38. The fourth-order valence-corrected chi connectivity index (χ4v) is 3.91. The molecule has 1 saturated heterocycles. The van der Waals surface area contributed by atoms with Crippen LogP contribution in [0.25, 0.3) is 0 Å². The van der Waals surface area contributed by atoms with Crippen molar-refractivity contribution in [2.24, 2.45) is 0 Å². The van der Waals surface area contributed by atoms with Gasteiger partial charge < -0.3 is 14.6 Å². The molecule has 176 valence electrons. The molecule has 0 aliphatic carbocycles. The van der Waals surface area contributed by atoms with Gasteiger partial charge >= 0.3 is 11.5 Å². The zero-order chi connectivity index (χ0) is 24.5. The third kappa shape index (κ3) is 5.06. The number of nitrogens with zero attached hydrogens (tertiary/aromatic N) is 3. The van der Waals surface area contributed by atoms with Gasteiger partial charge in [-0.15, -0.1) is 0 Å². The Morgan fingerprint density at radius 3 is 2.56 bits per heavy atom. The second-order valence-electron chi connectivity index (χ2n) is 7.28. The van der Waals surface area contributed by atoms with E-state index in [-0.39, 0.29) is 40.5 Å². The van der Waals surface area contributed by atoms with Crippen LogP contribution in [0.2, 0.25) is 0 Å².